The Labute approximate surface area is 139 Å². The van der Waals surface area contributed by atoms with E-state index in [4.69, 9.17) is 4.18 Å². The van der Waals surface area contributed by atoms with E-state index in [0.29, 0.717) is 10.9 Å². The van der Waals surface area contributed by atoms with E-state index in [9.17, 15) is 8.42 Å². The van der Waals surface area contributed by atoms with Gasteiger partial charge in [0.2, 0.25) is 0 Å². The Morgan fingerprint density at radius 2 is 1.46 bits per heavy atom. The van der Waals surface area contributed by atoms with Crippen LogP contribution in [0.3, 0.4) is 0 Å². The molecule has 1 aromatic heterocycles. The second-order valence-electron chi connectivity index (χ2n) is 5.35. The van der Waals surface area contributed by atoms with E-state index in [-0.39, 0.29) is 10.6 Å². The predicted molar refractivity (Wildman–Crippen MR) is 93.5 cm³/mol. The summed E-state index contributed by atoms with van der Waals surface area (Å²) in [6.45, 7) is 0. The monoisotopic (exact) mass is 335 g/mol. The van der Waals surface area contributed by atoms with Gasteiger partial charge in [-0.05, 0) is 23.6 Å². The number of rotatable bonds is 3. The second kappa shape index (κ2) is 5.62. The zero-order valence-electron chi connectivity index (χ0n) is 12.6. The Balaban J connectivity index is 1.86. The SMILES string of the molecule is O=S(=O)(Oc1cccc2cccnc12)c1cccc2ccccc12. The highest BCUT2D eigenvalue weighted by Gasteiger charge is 2.20. The molecule has 0 saturated heterocycles. The minimum absolute atomic E-state index is 0.147. The van der Waals surface area contributed by atoms with Crippen molar-refractivity contribution in [3.05, 3.63) is 79.0 Å². The molecule has 0 fully saturated rings. The highest BCUT2D eigenvalue weighted by atomic mass is 32.2. The fourth-order valence-corrected chi connectivity index (χ4v) is 3.88. The van der Waals surface area contributed by atoms with Gasteiger partial charge < -0.3 is 4.18 Å². The highest BCUT2D eigenvalue weighted by molar-refractivity contribution is 7.87. The Hall–Kier alpha value is -2.92. The smallest absolute Gasteiger partial charge is 0.339 e. The lowest BCUT2D eigenvalue weighted by Crippen LogP contribution is -2.10. The van der Waals surface area contributed by atoms with Crippen molar-refractivity contribution in [2.45, 2.75) is 4.90 Å². The number of benzene rings is 3. The van der Waals surface area contributed by atoms with E-state index in [1.165, 1.54) is 0 Å². The van der Waals surface area contributed by atoms with Gasteiger partial charge in [0.15, 0.2) is 5.75 Å². The van der Waals surface area contributed by atoms with Gasteiger partial charge in [-0.3, -0.25) is 4.98 Å². The summed E-state index contributed by atoms with van der Waals surface area (Å²) < 4.78 is 31.0. The molecule has 118 valence electrons. The molecule has 0 saturated carbocycles. The number of pyridine rings is 1. The van der Waals surface area contributed by atoms with Crippen molar-refractivity contribution in [3.63, 3.8) is 0 Å². The third kappa shape index (κ3) is 2.49. The highest BCUT2D eigenvalue weighted by Crippen LogP contribution is 2.29. The molecule has 4 nitrogen and oxygen atoms in total. The Bertz CT molecular complexity index is 1140. The molecule has 5 heteroatoms. The lowest BCUT2D eigenvalue weighted by Gasteiger charge is -2.11. The third-order valence-corrected chi connectivity index (χ3v) is 5.11. The molecule has 0 amide bonds. The molecule has 4 rings (SSSR count). The summed E-state index contributed by atoms with van der Waals surface area (Å²) in [5, 5.41) is 2.30. The van der Waals surface area contributed by atoms with Crippen molar-refractivity contribution < 1.29 is 12.6 Å². The Morgan fingerprint density at radius 3 is 2.38 bits per heavy atom. The van der Waals surface area contributed by atoms with Gasteiger partial charge in [-0.2, -0.15) is 8.42 Å². The average molecular weight is 335 g/mol. The van der Waals surface area contributed by atoms with Crippen LogP contribution in [0.4, 0.5) is 0 Å². The first-order valence-corrected chi connectivity index (χ1v) is 8.82. The Kier molecular flexibility index (Phi) is 3.43. The van der Waals surface area contributed by atoms with Crippen molar-refractivity contribution in [1.82, 2.24) is 4.98 Å². The van der Waals surface area contributed by atoms with Crippen molar-refractivity contribution in [2.24, 2.45) is 0 Å². The first kappa shape index (κ1) is 14.7. The number of aromatic nitrogens is 1. The molecule has 0 N–H and O–H groups in total. The second-order valence-corrected chi connectivity index (χ2v) is 6.86. The van der Waals surface area contributed by atoms with Crippen molar-refractivity contribution in [1.29, 1.82) is 0 Å². The molecule has 4 aromatic rings. The molecule has 0 unspecified atom stereocenters. The molecular weight excluding hydrogens is 322 g/mol. The minimum atomic E-state index is -3.97. The van der Waals surface area contributed by atoms with Gasteiger partial charge in [0.05, 0.1) is 0 Å². The van der Waals surface area contributed by atoms with Crippen molar-refractivity contribution >= 4 is 31.8 Å². The van der Waals surface area contributed by atoms with E-state index < -0.39 is 10.1 Å². The fraction of sp³-hybridized carbons (Fsp3) is 0. The van der Waals surface area contributed by atoms with E-state index >= 15 is 0 Å². The van der Waals surface area contributed by atoms with Crippen LogP contribution < -0.4 is 4.18 Å². The van der Waals surface area contributed by atoms with Crippen LogP contribution in [0.5, 0.6) is 5.75 Å². The van der Waals surface area contributed by atoms with Gasteiger partial charge in [0, 0.05) is 17.0 Å². The standard InChI is InChI=1S/C19H13NO3S/c21-24(22,18-12-4-7-14-6-1-2-10-16(14)18)23-17-11-3-8-15-9-5-13-20-19(15)17/h1-13H. The minimum Gasteiger partial charge on any atom is -0.377 e. The largest absolute Gasteiger partial charge is 0.377 e. The van der Waals surface area contributed by atoms with Crippen LogP contribution in [-0.4, -0.2) is 13.4 Å². The van der Waals surface area contributed by atoms with Crippen molar-refractivity contribution in [2.75, 3.05) is 0 Å². The van der Waals surface area contributed by atoms with Crippen LogP contribution in [0.25, 0.3) is 21.7 Å². The van der Waals surface area contributed by atoms with Gasteiger partial charge in [-0.25, -0.2) is 0 Å². The summed E-state index contributed by atoms with van der Waals surface area (Å²) in [7, 11) is -3.97. The van der Waals surface area contributed by atoms with Crippen molar-refractivity contribution in [3.8, 4) is 5.75 Å². The lowest BCUT2D eigenvalue weighted by molar-refractivity contribution is 0.489. The zero-order valence-corrected chi connectivity index (χ0v) is 13.4. The van der Waals surface area contributed by atoms with Crippen LogP contribution in [-0.2, 0) is 10.1 Å². The topological polar surface area (TPSA) is 56.3 Å². The van der Waals surface area contributed by atoms with E-state index in [2.05, 4.69) is 4.98 Å². The summed E-state index contributed by atoms with van der Waals surface area (Å²) in [5.41, 5.74) is 0.517. The van der Waals surface area contributed by atoms with Gasteiger partial charge in [0.25, 0.3) is 0 Å². The normalized spacial score (nSPS) is 11.7. The number of hydrogen-bond donors (Lipinski definition) is 0. The number of hydrogen-bond acceptors (Lipinski definition) is 4. The molecule has 0 atom stereocenters. The van der Waals surface area contributed by atoms with Gasteiger partial charge >= 0.3 is 10.1 Å². The van der Waals surface area contributed by atoms with Crippen LogP contribution >= 0.6 is 0 Å². The third-order valence-electron chi connectivity index (χ3n) is 3.81. The van der Waals surface area contributed by atoms with Gasteiger partial charge in [0.1, 0.15) is 10.4 Å². The summed E-state index contributed by atoms with van der Waals surface area (Å²) in [6.07, 6.45) is 1.61. The first-order valence-electron chi connectivity index (χ1n) is 7.41. The van der Waals surface area contributed by atoms with Crippen LogP contribution in [0.15, 0.2) is 83.9 Å². The summed E-state index contributed by atoms with van der Waals surface area (Å²) in [6, 6.07) is 21.3. The molecule has 0 radical (unpaired) electrons. The summed E-state index contributed by atoms with van der Waals surface area (Å²) in [4.78, 5) is 4.38. The fourth-order valence-electron chi connectivity index (χ4n) is 2.72. The van der Waals surface area contributed by atoms with Crippen LogP contribution in [0, 0.1) is 0 Å². The average Bonchev–Trinajstić information content (AvgIpc) is 2.61. The molecule has 24 heavy (non-hydrogen) atoms. The molecule has 0 aliphatic carbocycles. The first-order chi connectivity index (χ1) is 11.6. The summed E-state index contributed by atoms with van der Waals surface area (Å²) >= 11 is 0. The molecule has 0 aliphatic rings. The van der Waals surface area contributed by atoms with E-state index in [1.807, 2.05) is 30.3 Å². The molecule has 0 aliphatic heterocycles. The number of fused-ring (bicyclic) bond motifs is 2. The predicted octanol–water partition coefficient (Wildman–Crippen LogP) is 4.16. The number of para-hydroxylation sites is 1. The number of nitrogens with zero attached hydrogens (tertiary/aromatic N) is 1. The van der Waals surface area contributed by atoms with Gasteiger partial charge in [-0.15, -0.1) is 0 Å². The zero-order chi connectivity index (χ0) is 16.6. The quantitative estimate of drug-likeness (QED) is 0.528. The summed E-state index contributed by atoms with van der Waals surface area (Å²) in [5.74, 6) is 0.223. The van der Waals surface area contributed by atoms with E-state index in [1.54, 1.807) is 48.7 Å². The molecule has 0 spiro atoms. The van der Waals surface area contributed by atoms with E-state index in [0.717, 1.165) is 10.8 Å². The Morgan fingerprint density at radius 1 is 0.750 bits per heavy atom. The molecule has 1 heterocycles. The maximum Gasteiger partial charge on any atom is 0.339 e. The maximum atomic E-state index is 12.8. The maximum absolute atomic E-state index is 12.8. The molecule has 3 aromatic carbocycles. The molecule has 0 bridgehead atoms. The lowest BCUT2D eigenvalue weighted by atomic mass is 10.1. The van der Waals surface area contributed by atoms with Crippen LogP contribution in [0.2, 0.25) is 0 Å². The molecular formula is C19H13NO3S. The van der Waals surface area contributed by atoms with Gasteiger partial charge in [-0.1, -0.05) is 54.6 Å². The van der Waals surface area contributed by atoms with Crippen LogP contribution in [0.1, 0.15) is 0 Å².